The zero-order valence-corrected chi connectivity index (χ0v) is 12.8. The van der Waals surface area contributed by atoms with E-state index in [2.05, 4.69) is 0 Å². The van der Waals surface area contributed by atoms with Gasteiger partial charge in [-0.05, 0) is 25.0 Å². The van der Waals surface area contributed by atoms with Crippen LogP contribution < -0.4 is 5.14 Å². The second-order valence-electron chi connectivity index (χ2n) is 4.95. The summed E-state index contributed by atoms with van der Waals surface area (Å²) in [6.45, 7) is 0. The maximum atomic E-state index is 12.6. The first-order valence-electron chi connectivity index (χ1n) is 6.34. The lowest BCUT2D eigenvalue weighted by molar-refractivity contribution is 0.372. The summed E-state index contributed by atoms with van der Waals surface area (Å²) < 4.78 is 49.5. The molecule has 2 rings (SSSR count). The summed E-state index contributed by atoms with van der Waals surface area (Å²) in [4.78, 5) is -0.609. The molecule has 0 atom stereocenters. The molecule has 8 heteroatoms. The zero-order chi connectivity index (χ0) is 15.0. The lowest BCUT2D eigenvalue weighted by Gasteiger charge is -2.24. The third-order valence-electron chi connectivity index (χ3n) is 3.65. The molecule has 1 fully saturated rings. The fourth-order valence-corrected chi connectivity index (χ4v) is 5.29. The average Bonchev–Trinajstić information content (AvgIpc) is 2.90. The van der Waals surface area contributed by atoms with Gasteiger partial charge in [-0.3, -0.25) is 0 Å². The maximum Gasteiger partial charge on any atom is 0.244 e. The Hall–Kier alpha value is -0.960. The number of primary sulfonamides is 1. The van der Waals surface area contributed by atoms with Gasteiger partial charge in [-0.1, -0.05) is 25.0 Å². The SMILES string of the molecule is CN(C1CCCC1)S(=O)(=O)c1ccccc1S(N)(=O)=O. The summed E-state index contributed by atoms with van der Waals surface area (Å²) in [5.74, 6) is 0. The van der Waals surface area contributed by atoms with Crippen molar-refractivity contribution in [1.82, 2.24) is 4.31 Å². The molecule has 0 saturated heterocycles. The van der Waals surface area contributed by atoms with E-state index in [1.807, 2.05) is 0 Å². The Kier molecular flexibility index (Phi) is 4.19. The third-order valence-corrected chi connectivity index (χ3v) is 6.72. The topological polar surface area (TPSA) is 97.5 Å². The highest BCUT2D eigenvalue weighted by Crippen LogP contribution is 2.29. The van der Waals surface area contributed by atoms with Crippen LogP contribution in [0.4, 0.5) is 0 Å². The smallest absolute Gasteiger partial charge is 0.225 e. The first kappa shape index (κ1) is 15.4. The van der Waals surface area contributed by atoms with E-state index in [0.29, 0.717) is 0 Å². The van der Waals surface area contributed by atoms with Gasteiger partial charge in [-0.15, -0.1) is 0 Å². The van der Waals surface area contributed by atoms with E-state index >= 15 is 0 Å². The van der Waals surface area contributed by atoms with Crippen molar-refractivity contribution >= 4 is 20.0 Å². The highest BCUT2D eigenvalue weighted by atomic mass is 32.2. The molecule has 1 aliphatic carbocycles. The van der Waals surface area contributed by atoms with Crippen LogP contribution >= 0.6 is 0 Å². The third kappa shape index (κ3) is 2.88. The van der Waals surface area contributed by atoms with Crippen molar-refractivity contribution < 1.29 is 16.8 Å². The van der Waals surface area contributed by atoms with Crippen LogP contribution in [-0.4, -0.2) is 34.2 Å². The molecule has 6 nitrogen and oxygen atoms in total. The van der Waals surface area contributed by atoms with Crippen molar-refractivity contribution in [2.45, 2.75) is 41.5 Å². The van der Waals surface area contributed by atoms with Gasteiger partial charge >= 0.3 is 0 Å². The lowest BCUT2D eigenvalue weighted by Crippen LogP contribution is -2.36. The lowest BCUT2D eigenvalue weighted by atomic mass is 10.3. The molecule has 1 aliphatic rings. The number of hydrogen-bond donors (Lipinski definition) is 1. The van der Waals surface area contributed by atoms with Gasteiger partial charge in [-0.25, -0.2) is 22.0 Å². The molecule has 0 unspecified atom stereocenters. The summed E-state index contributed by atoms with van der Waals surface area (Å²) in [6, 6.07) is 5.36. The molecule has 0 heterocycles. The van der Waals surface area contributed by atoms with Gasteiger partial charge in [0, 0.05) is 13.1 Å². The van der Waals surface area contributed by atoms with Gasteiger partial charge in [0.05, 0.1) is 0 Å². The molecule has 0 bridgehead atoms. The molecule has 112 valence electrons. The fraction of sp³-hybridized carbons (Fsp3) is 0.500. The number of sulfonamides is 2. The fourth-order valence-electron chi connectivity index (χ4n) is 2.52. The summed E-state index contributed by atoms with van der Waals surface area (Å²) in [6.07, 6.45) is 3.57. The minimum atomic E-state index is -4.08. The van der Waals surface area contributed by atoms with Crippen molar-refractivity contribution in [2.75, 3.05) is 7.05 Å². The van der Waals surface area contributed by atoms with Crippen molar-refractivity contribution in [3.05, 3.63) is 24.3 Å². The highest BCUT2D eigenvalue weighted by molar-refractivity contribution is 7.92. The van der Waals surface area contributed by atoms with Crippen LogP contribution in [0.1, 0.15) is 25.7 Å². The minimum absolute atomic E-state index is 0.0754. The van der Waals surface area contributed by atoms with Crippen LogP contribution in [0.15, 0.2) is 34.1 Å². The first-order valence-corrected chi connectivity index (χ1v) is 9.33. The van der Waals surface area contributed by atoms with Crippen LogP contribution in [0.3, 0.4) is 0 Å². The van der Waals surface area contributed by atoms with Crippen LogP contribution in [-0.2, 0) is 20.0 Å². The summed E-state index contributed by atoms with van der Waals surface area (Å²) >= 11 is 0. The molecule has 0 aliphatic heterocycles. The molecular formula is C12H18N2O4S2. The predicted molar refractivity (Wildman–Crippen MR) is 75.0 cm³/mol. The first-order chi connectivity index (χ1) is 9.24. The Bertz CT molecular complexity index is 692. The predicted octanol–water partition coefficient (Wildman–Crippen LogP) is 0.897. The Morgan fingerprint density at radius 2 is 1.55 bits per heavy atom. The Morgan fingerprint density at radius 3 is 2.05 bits per heavy atom. The van der Waals surface area contributed by atoms with E-state index in [1.165, 1.54) is 35.6 Å². The molecule has 1 aromatic carbocycles. The van der Waals surface area contributed by atoms with Gasteiger partial charge in [0.15, 0.2) is 0 Å². The van der Waals surface area contributed by atoms with E-state index in [-0.39, 0.29) is 15.8 Å². The molecule has 2 N–H and O–H groups in total. The van der Waals surface area contributed by atoms with E-state index in [0.717, 1.165) is 25.7 Å². The standard InChI is InChI=1S/C12H18N2O4S2/c1-14(10-6-2-3-7-10)20(17,18)12-9-5-4-8-11(12)19(13,15)16/h4-5,8-10H,2-3,6-7H2,1H3,(H2,13,15,16). The van der Waals surface area contributed by atoms with E-state index in [9.17, 15) is 16.8 Å². The summed E-state index contributed by atoms with van der Waals surface area (Å²) in [7, 11) is -6.45. The molecular weight excluding hydrogens is 300 g/mol. The monoisotopic (exact) mass is 318 g/mol. The van der Waals surface area contributed by atoms with Gasteiger partial charge in [0.2, 0.25) is 20.0 Å². The normalized spacial score (nSPS) is 17.8. The summed E-state index contributed by atoms with van der Waals surface area (Å²) in [5, 5.41) is 5.10. The Morgan fingerprint density at radius 1 is 1.05 bits per heavy atom. The largest absolute Gasteiger partial charge is 0.244 e. The number of rotatable bonds is 4. The molecule has 0 aromatic heterocycles. The molecule has 0 radical (unpaired) electrons. The maximum absolute atomic E-state index is 12.6. The average molecular weight is 318 g/mol. The van der Waals surface area contributed by atoms with Crippen molar-refractivity contribution in [1.29, 1.82) is 0 Å². The molecule has 1 aromatic rings. The van der Waals surface area contributed by atoms with Gasteiger partial charge in [0.1, 0.15) is 9.79 Å². The second kappa shape index (κ2) is 5.44. The van der Waals surface area contributed by atoms with Crippen molar-refractivity contribution in [3.8, 4) is 0 Å². The van der Waals surface area contributed by atoms with E-state index in [1.54, 1.807) is 0 Å². The van der Waals surface area contributed by atoms with Crippen molar-refractivity contribution in [3.63, 3.8) is 0 Å². The summed E-state index contributed by atoms with van der Waals surface area (Å²) in [5.41, 5.74) is 0. The molecule has 1 saturated carbocycles. The van der Waals surface area contributed by atoms with Gasteiger partial charge in [-0.2, -0.15) is 4.31 Å². The number of hydrogen-bond acceptors (Lipinski definition) is 4. The van der Waals surface area contributed by atoms with Crippen LogP contribution in [0.2, 0.25) is 0 Å². The zero-order valence-electron chi connectivity index (χ0n) is 11.2. The number of nitrogens with zero attached hydrogens (tertiary/aromatic N) is 1. The van der Waals surface area contributed by atoms with E-state index in [4.69, 9.17) is 5.14 Å². The quantitative estimate of drug-likeness (QED) is 0.891. The molecule has 0 spiro atoms. The van der Waals surface area contributed by atoms with Gasteiger partial charge in [0.25, 0.3) is 0 Å². The Labute approximate surface area is 119 Å². The van der Waals surface area contributed by atoms with Crippen LogP contribution in [0.5, 0.6) is 0 Å². The highest BCUT2D eigenvalue weighted by Gasteiger charge is 2.33. The molecule has 20 heavy (non-hydrogen) atoms. The van der Waals surface area contributed by atoms with E-state index < -0.39 is 20.0 Å². The second-order valence-corrected chi connectivity index (χ2v) is 8.45. The number of nitrogens with two attached hydrogens (primary N) is 1. The Balaban J connectivity index is 2.50. The number of benzene rings is 1. The van der Waals surface area contributed by atoms with Crippen LogP contribution in [0, 0.1) is 0 Å². The minimum Gasteiger partial charge on any atom is -0.225 e. The van der Waals surface area contributed by atoms with Gasteiger partial charge < -0.3 is 0 Å². The molecule has 0 amide bonds. The van der Waals surface area contributed by atoms with Crippen molar-refractivity contribution in [2.24, 2.45) is 5.14 Å². The van der Waals surface area contributed by atoms with Crippen LogP contribution in [0.25, 0.3) is 0 Å².